The smallest absolute Gasteiger partial charge is 0.0323 e. The second-order valence-corrected chi connectivity index (χ2v) is 3.03. The molecule has 0 aromatic heterocycles. The lowest BCUT2D eigenvalue weighted by atomic mass is 9.95. The maximum absolute atomic E-state index is 2.30. The van der Waals surface area contributed by atoms with Gasteiger partial charge in [0.25, 0.3) is 0 Å². The zero-order chi connectivity index (χ0) is 9.28. The van der Waals surface area contributed by atoms with Crippen LogP contribution in [0.4, 0.5) is 0 Å². The summed E-state index contributed by atoms with van der Waals surface area (Å²) in [6, 6.07) is 0. The van der Waals surface area contributed by atoms with Crippen molar-refractivity contribution in [3.63, 3.8) is 0 Å². The van der Waals surface area contributed by atoms with E-state index in [0.29, 0.717) is 0 Å². The molecule has 0 saturated heterocycles. The van der Waals surface area contributed by atoms with Gasteiger partial charge in [-0.25, -0.2) is 0 Å². The first-order chi connectivity index (χ1) is 5.18. The van der Waals surface area contributed by atoms with Crippen LogP contribution in [0.15, 0.2) is 12.2 Å². The molecular formula is C11H24. The molecule has 11 heavy (non-hydrogen) atoms. The molecule has 0 saturated carbocycles. The monoisotopic (exact) mass is 156 g/mol. The minimum atomic E-state index is 0.821. The van der Waals surface area contributed by atoms with Crippen LogP contribution in [0.3, 0.4) is 0 Å². The van der Waals surface area contributed by atoms with Crippen LogP contribution < -0.4 is 0 Å². The molecule has 1 atom stereocenters. The fourth-order valence-electron chi connectivity index (χ4n) is 0.623. The SMILES string of the molecule is C/C=C/C[C@@H](C)C(C)C.CC. The van der Waals surface area contributed by atoms with E-state index in [1.165, 1.54) is 6.42 Å². The highest BCUT2D eigenvalue weighted by atomic mass is 14.1. The van der Waals surface area contributed by atoms with Crippen molar-refractivity contribution < 1.29 is 0 Å². The third-order valence-corrected chi connectivity index (χ3v) is 1.88. The number of rotatable bonds is 3. The molecule has 0 rings (SSSR count). The van der Waals surface area contributed by atoms with Gasteiger partial charge in [-0.1, -0.05) is 46.8 Å². The van der Waals surface area contributed by atoms with Gasteiger partial charge in [0.2, 0.25) is 0 Å². The summed E-state index contributed by atoms with van der Waals surface area (Å²) in [6.07, 6.45) is 5.59. The van der Waals surface area contributed by atoms with E-state index in [2.05, 4.69) is 39.8 Å². The molecule has 0 aromatic rings. The fourth-order valence-corrected chi connectivity index (χ4v) is 0.623. The molecular weight excluding hydrogens is 132 g/mol. The van der Waals surface area contributed by atoms with Gasteiger partial charge in [-0.15, -0.1) is 0 Å². The lowest BCUT2D eigenvalue weighted by Gasteiger charge is -2.11. The Bertz CT molecular complexity index is 80.0. The van der Waals surface area contributed by atoms with Crippen LogP contribution >= 0.6 is 0 Å². The summed E-state index contributed by atoms with van der Waals surface area (Å²) < 4.78 is 0. The molecule has 0 unspecified atom stereocenters. The van der Waals surface area contributed by atoms with Crippen LogP contribution in [0.1, 0.15) is 48.0 Å². The Labute approximate surface area is 72.7 Å². The Morgan fingerprint density at radius 3 is 1.82 bits per heavy atom. The van der Waals surface area contributed by atoms with E-state index in [-0.39, 0.29) is 0 Å². The van der Waals surface area contributed by atoms with Crippen molar-refractivity contribution in [1.82, 2.24) is 0 Å². The summed E-state index contributed by atoms with van der Waals surface area (Å²) in [5.41, 5.74) is 0. The van der Waals surface area contributed by atoms with Gasteiger partial charge in [-0.05, 0) is 25.2 Å². The fraction of sp³-hybridized carbons (Fsp3) is 0.818. The third kappa shape index (κ3) is 9.74. The molecule has 0 aromatic carbocycles. The van der Waals surface area contributed by atoms with E-state index in [9.17, 15) is 0 Å². The predicted octanol–water partition coefficient (Wildman–Crippen LogP) is 4.27. The highest BCUT2D eigenvalue weighted by molar-refractivity contribution is 4.79. The molecule has 0 spiro atoms. The Hall–Kier alpha value is -0.260. The first-order valence-electron chi connectivity index (χ1n) is 4.79. The lowest BCUT2D eigenvalue weighted by molar-refractivity contribution is 0.424. The van der Waals surface area contributed by atoms with Crippen molar-refractivity contribution in [2.75, 3.05) is 0 Å². The molecule has 0 aliphatic rings. The van der Waals surface area contributed by atoms with E-state index in [0.717, 1.165) is 11.8 Å². The Kier molecular flexibility index (Phi) is 11.8. The summed E-state index contributed by atoms with van der Waals surface area (Å²) in [6.45, 7) is 12.9. The highest BCUT2D eigenvalue weighted by Crippen LogP contribution is 2.13. The summed E-state index contributed by atoms with van der Waals surface area (Å²) >= 11 is 0. The molecule has 0 bridgehead atoms. The van der Waals surface area contributed by atoms with Crippen molar-refractivity contribution in [3.05, 3.63) is 12.2 Å². The van der Waals surface area contributed by atoms with E-state index in [1.807, 2.05) is 13.8 Å². The highest BCUT2D eigenvalue weighted by Gasteiger charge is 2.02. The van der Waals surface area contributed by atoms with Crippen LogP contribution in [0.25, 0.3) is 0 Å². The van der Waals surface area contributed by atoms with Gasteiger partial charge in [0, 0.05) is 0 Å². The van der Waals surface area contributed by atoms with E-state index >= 15 is 0 Å². The van der Waals surface area contributed by atoms with Crippen molar-refractivity contribution in [2.24, 2.45) is 11.8 Å². The van der Waals surface area contributed by atoms with Gasteiger partial charge >= 0.3 is 0 Å². The molecule has 0 radical (unpaired) electrons. The van der Waals surface area contributed by atoms with Crippen molar-refractivity contribution >= 4 is 0 Å². The van der Waals surface area contributed by atoms with Gasteiger partial charge < -0.3 is 0 Å². The van der Waals surface area contributed by atoms with Crippen molar-refractivity contribution in [1.29, 1.82) is 0 Å². The molecule has 0 heteroatoms. The van der Waals surface area contributed by atoms with E-state index in [4.69, 9.17) is 0 Å². The number of hydrogen-bond acceptors (Lipinski definition) is 0. The normalized spacial score (nSPS) is 13.0. The maximum Gasteiger partial charge on any atom is -0.0323 e. The van der Waals surface area contributed by atoms with Crippen molar-refractivity contribution in [3.8, 4) is 0 Å². The second kappa shape index (κ2) is 9.74. The van der Waals surface area contributed by atoms with Crippen LogP contribution in [-0.2, 0) is 0 Å². The van der Waals surface area contributed by atoms with Crippen LogP contribution in [0.5, 0.6) is 0 Å². The zero-order valence-corrected chi connectivity index (χ0v) is 9.02. The molecule has 68 valence electrons. The lowest BCUT2D eigenvalue weighted by Crippen LogP contribution is -2.01. The molecule has 0 nitrogen and oxygen atoms in total. The van der Waals surface area contributed by atoms with Crippen LogP contribution in [0.2, 0.25) is 0 Å². The zero-order valence-electron chi connectivity index (χ0n) is 9.02. The summed E-state index contributed by atoms with van der Waals surface area (Å²) in [5, 5.41) is 0. The average molecular weight is 156 g/mol. The summed E-state index contributed by atoms with van der Waals surface area (Å²) in [7, 11) is 0. The Morgan fingerprint density at radius 2 is 1.55 bits per heavy atom. The third-order valence-electron chi connectivity index (χ3n) is 1.88. The molecule has 0 amide bonds. The molecule has 0 N–H and O–H groups in total. The van der Waals surface area contributed by atoms with E-state index < -0.39 is 0 Å². The molecule has 0 aliphatic carbocycles. The van der Waals surface area contributed by atoms with Gasteiger partial charge in [0.05, 0.1) is 0 Å². The molecule has 0 fully saturated rings. The minimum Gasteiger partial charge on any atom is -0.0917 e. The number of allylic oxidation sites excluding steroid dienone is 2. The number of hydrogen-bond donors (Lipinski definition) is 0. The Balaban J connectivity index is 0. The topological polar surface area (TPSA) is 0 Å². The summed E-state index contributed by atoms with van der Waals surface area (Å²) in [4.78, 5) is 0. The van der Waals surface area contributed by atoms with Crippen LogP contribution in [-0.4, -0.2) is 0 Å². The quantitative estimate of drug-likeness (QED) is 0.535. The van der Waals surface area contributed by atoms with E-state index in [1.54, 1.807) is 0 Å². The van der Waals surface area contributed by atoms with Gasteiger partial charge in [-0.3, -0.25) is 0 Å². The average Bonchev–Trinajstić information content (AvgIpc) is 2.03. The maximum atomic E-state index is 2.30. The largest absolute Gasteiger partial charge is 0.0917 e. The van der Waals surface area contributed by atoms with Gasteiger partial charge in [-0.2, -0.15) is 0 Å². The van der Waals surface area contributed by atoms with Crippen molar-refractivity contribution in [2.45, 2.75) is 48.0 Å². The Morgan fingerprint density at radius 1 is 1.09 bits per heavy atom. The van der Waals surface area contributed by atoms with Crippen LogP contribution in [0, 0.1) is 11.8 Å². The second-order valence-electron chi connectivity index (χ2n) is 3.03. The van der Waals surface area contributed by atoms with Gasteiger partial charge in [0.15, 0.2) is 0 Å². The predicted molar refractivity (Wildman–Crippen MR) is 54.8 cm³/mol. The standard InChI is InChI=1S/C9H18.C2H6/c1-5-6-7-9(4)8(2)3;1-2/h5-6,8-9H,7H2,1-4H3;1-2H3/b6-5+;/t9-;/m1./s1. The molecule has 0 aliphatic heterocycles. The summed E-state index contributed by atoms with van der Waals surface area (Å²) in [5.74, 6) is 1.65. The first kappa shape index (κ1) is 13.3. The molecule has 0 heterocycles. The first-order valence-corrected chi connectivity index (χ1v) is 4.79. The van der Waals surface area contributed by atoms with Gasteiger partial charge in [0.1, 0.15) is 0 Å². The minimum absolute atomic E-state index is 0.821.